The van der Waals surface area contributed by atoms with Gasteiger partial charge in [0, 0.05) is 11.7 Å². The fourth-order valence-corrected chi connectivity index (χ4v) is 9.29. The Morgan fingerprint density at radius 2 is 1.14 bits per heavy atom. The quantitative estimate of drug-likeness (QED) is 0.0519. The molecule has 8 atom stereocenters. The van der Waals surface area contributed by atoms with E-state index >= 15 is 0 Å². The Labute approximate surface area is 314 Å². The summed E-state index contributed by atoms with van der Waals surface area (Å²) >= 11 is 0. The lowest BCUT2D eigenvalue weighted by Crippen LogP contribution is -2.34. The number of fused-ring (bicyclic) bond motifs is 1. The Balaban J connectivity index is 1.67. The van der Waals surface area contributed by atoms with Gasteiger partial charge in [-0.1, -0.05) is 187 Å². The van der Waals surface area contributed by atoms with Crippen LogP contribution in [-0.4, -0.2) is 17.3 Å². The molecule has 2 fully saturated rings. The zero-order valence-corrected chi connectivity index (χ0v) is 34.6. The van der Waals surface area contributed by atoms with Crippen molar-refractivity contribution in [3.63, 3.8) is 0 Å². The predicted octanol–water partition coefficient (Wildman–Crippen LogP) is 15.1. The molecule has 2 rings (SSSR count). The number of hydrogen-bond donors (Lipinski definition) is 2. The van der Waals surface area contributed by atoms with E-state index in [1.807, 2.05) is 0 Å². The molecule has 0 radical (unpaired) electrons. The van der Waals surface area contributed by atoms with Crippen LogP contribution < -0.4 is 5.32 Å². The molecule has 0 aromatic carbocycles. The van der Waals surface area contributed by atoms with E-state index in [1.54, 1.807) is 0 Å². The number of hydrogen-bond acceptors (Lipinski definition) is 2. The second kappa shape index (κ2) is 29.4. The lowest BCUT2D eigenvalue weighted by molar-refractivity contribution is 0.0173. The van der Waals surface area contributed by atoms with Gasteiger partial charge in [0.25, 0.3) is 0 Å². The highest BCUT2D eigenvalue weighted by Crippen LogP contribution is 2.61. The van der Waals surface area contributed by atoms with Crippen LogP contribution in [0.2, 0.25) is 0 Å². The zero-order chi connectivity index (χ0) is 36.2. The highest BCUT2D eigenvalue weighted by Gasteiger charge is 2.58. The molecule has 7 unspecified atom stereocenters. The van der Waals surface area contributed by atoms with Crippen LogP contribution in [0.1, 0.15) is 221 Å². The molecule has 2 heteroatoms. The summed E-state index contributed by atoms with van der Waals surface area (Å²) in [6.45, 7) is 16.2. The third-order valence-corrected chi connectivity index (χ3v) is 12.8. The standard InChI is InChI=1S/C48H89NO/c1-7-10-12-14-16-18-20-22-23-25-27-29-31-33-35-37-41(5)49-46(39-45-44-38-43(9-3)48(50)42(6)47(44)45)40(4)36-34-32-30-28-26-24-21-19-17-15-13-11-8-2/h22-23,34,36,40,42-50H,5,7-21,24-33,35,37-39H2,1-4,6H3/b23-22-,36-34+/t40?,42?,43-,44?,45?,46?,47?,48?/m0/s1. The summed E-state index contributed by atoms with van der Waals surface area (Å²) in [5, 5.41) is 14.9. The van der Waals surface area contributed by atoms with Crippen LogP contribution in [0.3, 0.4) is 0 Å². The average Bonchev–Trinajstić information content (AvgIpc) is 3.81. The molecule has 50 heavy (non-hydrogen) atoms. The van der Waals surface area contributed by atoms with Crippen LogP contribution in [0.5, 0.6) is 0 Å². The van der Waals surface area contributed by atoms with Crippen molar-refractivity contribution < 1.29 is 5.11 Å². The lowest BCUT2D eigenvalue weighted by Gasteiger charge is -2.31. The van der Waals surface area contributed by atoms with E-state index in [9.17, 15) is 5.11 Å². The van der Waals surface area contributed by atoms with Crippen molar-refractivity contribution in [2.24, 2.45) is 35.5 Å². The number of unbranched alkanes of at least 4 members (excludes halogenated alkanes) is 22. The normalized spacial score (nSPS) is 24.5. The molecule has 292 valence electrons. The van der Waals surface area contributed by atoms with Crippen molar-refractivity contribution in [2.75, 3.05) is 0 Å². The van der Waals surface area contributed by atoms with Crippen LogP contribution in [0.4, 0.5) is 0 Å². The Morgan fingerprint density at radius 1 is 0.680 bits per heavy atom. The minimum absolute atomic E-state index is 0.100. The Hall–Kier alpha value is -1.02. The number of allylic oxidation sites excluding steroid dienone is 4. The molecule has 0 saturated heterocycles. The highest BCUT2D eigenvalue weighted by molar-refractivity contribution is 5.10. The highest BCUT2D eigenvalue weighted by atomic mass is 16.3. The van der Waals surface area contributed by atoms with Crippen LogP contribution in [-0.2, 0) is 0 Å². The molecule has 2 aliphatic carbocycles. The fourth-order valence-electron chi connectivity index (χ4n) is 9.29. The second-order valence-electron chi connectivity index (χ2n) is 17.2. The SMILES string of the molecule is C=C(CCCCCCC/C=C\CCCCCCCC)NC(CC1C2C[C@H](CC)C(O)C(C)C12)C(C)/C=C/CCCCCCCCCCCCC. The van der Waals surface area contributed by atoms with E-state index in [-0.39, 0.29) is 6.10 Å². The number of aliphatic hydroxyl groups is 1. The van der Waals surface area contributed by atoms with Crippen LogP contribution in [0.25, 0.3) is 0 Å². The monoisotopic (exact) mass is 696 g/mol. The third-order valence-electron chi connectivity index (χ3n) is 12.8. The van der Waals surface area contributed by atoms with E-state index in [0.29, 0.717) is 23.8 Å². The Bertz CT molecular complexity index is 860. The zero-order valence-electron chi connectivity index (χ0n) is 34.6. The molecular weight excluding hydrogens is 607 g/mol. The molecule has 0 spiro atoms. The van der Waals surface area contributed by atoms with Gasteiger partial charge in [-0.3, -0.25) is 0 Å². The Morgan fingerprint density at radius 3 is 1.64 bits per heavy atom. The van der Waals surface area contributed by atoms with Gasteiger partial charge in [0.15, 0.2) is 0 Å². The van der Waals surface area contributed by atoms with Gasteiger partial charge >= 0.3 is 0 Å². The van der Waals surface area contributed by atoms with Crippen molar-refractivity contribution in [1.29, 1.82) is 0 Å². The number of aliphatic hydroxyl groups excluding tert-OH is 1. The van der Waals surface area contributed by atoms with E-state index in [1.165, 1.54) is 179 Å². The first-order valence-electron chi connectivity index (χ1n) is 22.9. The van der Waals surface area contributed by atoms with Crippen molar-refractivity contribution in [3.8, 4) is 0 Å². The largest absolute Gasteiger partial charge is 0.393 e. The van der Waals surface area contributed by atoms with Crippen LogP contribution in [0, 0.1) is 35.5 Å². The van der Waals surface area contributed by atoms with Gasteiger partial charge in [0.2, 0.25) is 0 Å². The predicted molar refractivity (Wildman–Crippen MR) is 224 cm³/mol. The smallest absolute Gasteiger partial charge is 0.0596 e. The van der Waals surface area contributed by atoms with Gasteiger partial charge < -0.3 is 10.4 Å². The van der Waals surface area contributed by atoms with Crippen molar-refractivity contribution in [3.05, 3.63) is 36.6 Å². The number of rotatable bonds is 34. The lowest BCUT2D eigenvalue weighted by atomic mass is 9.78. The summed E-state index contributed by atoms with van der Waals surface area (Å²) < 4.78 is 0. The maximum absolute atomic E-state index is 10.9. The van der Waals surface area contributed by atoms with Crippen LogP contribution in [0.15, 0.2) is 36.6 Å². The molecule has 0 heterocycles. The summed E-state index contributed by atoms with van der Waals surface area (Å²) in [5.41, 5.74) is 1.25. The van der Waals surface area contributed by atoms with Gasteiger partial charge in [0.05, 0.1) is 6.10 Å². The van der Waals surface area contributed by atoms with Crippen molar-refractivity contribution in [1.82, 2.24) is 5.32 Å². The Kier molecular flexibility index (Phi) is 26.6. The molecule has 0 aromatic heterocycles. The summed E-state index contributed by atoms with van der Waals surface area (Å²) in [7, 11) is 0. The molecule has 0 aromatic rings. The molecular formula is C48H89NO. The van der Waals surface area contributed by atoms with E-state index in [2.05, 4.69) is 70.8 Å². The van der Waals surface area contributed by atoms with Gasteiger partial charge in [-0.25, -0.2) is 0 Å². The summed E-state index contributed by atoms with van der Waals surface area (Å²) in [6, 6.07) is 0.458. The van der Waals surface area contributed by atoms with Gasteiger partial charge in [-0.2, -0.15) is 0 Å². The molecule has 0 bridgehead atoms. The summed E-state index contributed by atoms with van der Waals surface area (Å²) in [5.74, 6) is 3.79. The van der Waals surface area contributed by atoms with Crippen molar-refractivity contribution >= 4 is 0 Å². The van der Waals surface area contributed by atoms with Crippen LogP contribution >= 0.6 is 0 Å². The molecule has 2 nitrogen and oxygen atoms in total. The molecule has 0 aliphatic heterocycles. The average molecular weight is 696 g/mol. The first-order chi connectivity index (χ1) is 24.4. The number of nitrogens with one attached hydrogen (secondary N) is 1. The third kappa shape index (κ3) is 19.7. The molecule has 2 aliphatic rings. The topological polar surface area (TPSA) is 32.3 Å². The summed E-state index contributed by atoms with van der Waals surface area (Å²) in [4.78, 5) is 0. The summed E-state index contributed by atoms with van der Waals surface area (Å²) in [6.07, 6.45) is 48.7. The maximum atomic E-state index is 10.9. The molecule has 2 N–H and O–H groups in total. The minimum atomic E-state index is -0.100. The van der Waals surface area contributed by atoms with Gasteiger partial charge in [0.1, 0.15) is 0 Å². The van der Waals surface area contributed by atoms with E-state index in [0.717, 1.165) is 30.6 Å². The molecule has 2 saturated carbocycles. The van der Waals surface area contributed by atoms with Gasteiger partial charge in [-0.05, 0) is 99.7 Å². The van der Waals surface area contributed by atoms with Gasteiger partial charge in [-0.15, -0.1) is 0 Å². The second-order valence-corrected chi connectivity index (χ2v) is 17.2. The maximum Gasteiger partial charge on any atom is 0.0596 e. The first kappa shape index (κ1) is 45.1. The first-order valence-corrected chi connectivity index (χ1v) is 22.9. The van der Waals surface area contributed by atoms with Crippen molar-refractivity contribution in [2.45, 2.75) is 233 Å². The fraction of sp³-hybridized carbons (Fsp3) is 0.875. The minimum Gasteiger partial charge on any atom is -0.393 e. The van der Waals surface area contributed by atoms with E-state index in [4.69, 9.17) is 0 Å². The molecule has 0 amide bonds. The van der Waals surface area contributed by atoms with E-state index < -0.39 is 0 Å².